The van der Waals surface area contributed by atoms with Crippen LogP contribution in [-0.4, -0.2) is 17.8 Å². The number of hydrogen-bond donors (Lipinski definition) is 2. The van der Waals surface area contributed by atoms with E-state index < -0.39 is 0 Å². The summed E-state index contributed by atoms with van der Waals surface area (Å²) in [5, 5.41) is 10.3. The van der Waals surface area contributed by atoms with Crippen LogP contribution >= 0.6 is 0 Å². The first-order valence-corrected chi connectivity index (χ1v) is 11.4. The second-order valence-electron chi connectivity index (χ2n) is 11.0. The van der Waals surface area contributed by atoms with Crippen molar-refractivity contribution in [3.05, 3.63) is 12.2 Å². The maximum Gasteiger partial charge on any atom is 0.0546 e. The van der Waals surface area contributed by atoms with Crippen molar-refractivity contribution >= 4 is 0 Å². The lowest BCUT2D eigenvalue weighted by molar-refractivity contribution is -0.108. The number of aliphatic hydroxyl groups excluding tert-OH is 1. The van der Waals surface area contributed by atoms with E-state index in [1.165, 1.54) is 50.5 Å². The SMILES string of the molecule is C=C1CC2C(CC[C@@]3(C)C2CCC3[C@H](C)CCN)[C@@]2(C)CC[C@@H](O)CC12. The van der Waals surface area contributed by atoms with E-state index >= 15 is 0 Å². The van der Waals surface area contributed by atoms with Crippen LogP contribution in [0.2, 0.25) is 0 Å². The molecule has 0 spiro atoms. The number of aliphatic hydroxyl groups is 1. The molecule has 4 fully saturated rings. The molecule has 0 radical (unpaired) electrons. The van der Waals surface area contributed by atoms with Crippen LogP contribution in [0.5, 0.6) is 0 Å². The molecule has 0 aromatic carbocycles. The van der Waals surface area contributed by atoms with Crippen molar-refractivity contribution in [3.8, 4) is 0 Å². The van der Waals surface area contributed by atoms with Crippen LogP contribution in [0, 0.1) is 46.3 Å². The zero-order valence-electron chi connectivity index (χ0n) is 17.3. The molecule has 4 aliphatic carbocycles. The summed E-state index contributed by atoms with van der Waals surface area (Å²) in [7, 11) is 0. The first-order chi connectivity index (χ1) is 12.3. The quantitative estimate of drug-likeness (QED) is 0.684. The van der Waals surface area contributed by atoms with Gasteiger partial charge in [0.05, 0.1) is 6.10 Å². The summed E-state index contributed by atoms with van der Waals surface area (Å²) in [4.78, 5) is 0. The lowest BCUT2D eigenvalue weighted by atomic mass is 9.43. The molecule has 5 unspecified atom stereocenters. The Morgan fingerprint density at radius 1 is 1.12 bits per heavy atom. The van der Waals surface area contributed by atoms with Crippen molar-refractivity contribution in [2.45, 2.75) is 84.7 Å². The summed E-state index contributed by atoms with van der Waals surface area (Å²) in [6, 6.07) is 0. The summed E-state index contributed by atoms with van der Waals surface area (Å²) in [5.41, 5.74) is 8.28. The Hall–Kier alpha value is -0.340. The fourth-order valence-electron chi connectivity index (χ4n) is 8.66. The molecule has 26 heavy (non-hydrogen) atoms. The van der Waals surface area contributed by atoms with E-state index in [0.29, 0.717) is 16.7 Å². The molecular formula is C24H41NO. The highest BCUT2D eigenvalue weighted by molar-refractivity contribution is 5.20. The molecule has 0 aromatic rings. The first kappa shape index (κ1) is 19.0. The largest absolute Gasteiger partial charge is 0.393 e. The predicted octanol–water partition coefficient (Wildman–Crippen LogP) is 5.16. The van der Waals surface area contributed by atoms with Gasteiger partial charge < -0.3 is 10.8 Å². The van der Waals surface area contributed by atoms with Gasteiger partial charge in [0.2, 0.25) is 0 Å². The maximum absolute atomic E-state index is 10.3. The molecular weight excluding hydrogens is 318 g/mol. The fraction of sp³-hybridized carbons (Fsp3) is 0.917. The summed E-state index contributed by atoms with van der Waals surface area (Å²) in [6.45, 7) is 13.0. The van der Waals surface area contributed by atoms with Gasteiger partial charge in [-0.3, -0.25) is 0 Å². The van der Waals surface area contributed by atoms with Gasteiger partial charge in [0.25, 0.3) is 0 Å². The normalized spacial score (nSPS) is 52.1. The fourth-order valence-corrected chi connectivity index (χ4v) is 8.66. The van der Waals surface area contributed by atoms with E-state index in [-0.39, 0.29) is 6.10 Å². The lowest BCUT2D eigenvalue weighted by Crippen LogP contribution is -2.54. The van der Waals surface area contributed by atoms with Gasteiger partial charge in [-0.15, -0.1) is 0 Å². The lowest BCUT2D eigenvalue weighted by Gasteiger charge is -2.61. The third kappa shape index (κ3) is 2.65. The molecule has 9 atom stereocenters. The monoisotopic (exact) mass is 359 g/mol. The van der Waals surface area contributed by atoms with Crippen LogP contribution in [0.25, 0.3) is 0 Å². The van der Waals surface area contributed by atoms with Gasteiger partial charge in [-0.2, -0.15) is 0 Å². The highest BCUT2D eigenvalue weighted by atomic mass is 16.3. The Morgan fingerprint density at radius 3 is 2.54 bits per heavy atom. The van der Waals surface area contributed by atoms with E-state index in [1.807, 2.05) is 0 Å². The van der Waals surface area contributed by atoms with Crippen molar-refractivity contribution in [2.24, 2.45) is 52.1 Å². The van der Waals surface area contributed by atoms with Gasteiger partial charge in [-0.05, 0) is 111 Å². The summed E-state index contributed by atoms with van der Waals surface area (Å²) >= 11 is 0. The highest BCUT2D eigenvalue weighted by Crippen LogP contribution is 2.69. The highest BCUT2D eigenvalue weighted by Gasteiger charge is 2.61. The number of allylic oxidation sites excluding steroid dienone is 1. The maximum atomic E-state index is 10.3. The molecule has 2 nitrogen and oxygen atoms in total. The zero-order chi connectivity index (χ0) is 18.7. The van der Waals surface area contributed by atoms with Gasteiger partial charge in [-0.1, -0.05) is 32.9 Å². The standard InChI is InChI=1S/C24H41NO/c1-15(9-12-25)19-5-6-20-18-13-16(2)22-14-17(26)7-10-24(22,4)21(18)8-11-23(19,20)3/h15,17-22,26H,2,5-14,25H2,1,3-4H3/t15-,17-,18?,19?,20?,21?,22?,23-,24-/m1/s1. The van der Waals surface area contributed by atoms with Crippen molar-refractivity contribution in [3.63, 3.8) is 0 Å². The Bertz CT molecular complexity index is 558. The minimum Gasteiger partial charge on any atom is -0.393 e. The molecule has 0 heterocycles. The van der Waals surface area contributed by atoms with Crippen LogP contribution in [0.15, 0.2) is 12.2 Å². The predicted molar refractivity (Wildman–Crippen MR) is 109 cm³/mol. The molecule has 0 amide bonds. The van der Waals surface area contributed by atoms with Gasteiger partial charge in [0.15, 0.2) is 0 Å². The van der Waals surface area contributed by atoms with Crippen molar-refractivity contribution in [2.75, 3.05) is 6.54 Å². The zero-order valence-corrected chi connectivity index (χ0v) is 17.3. The average Bonchev–Trinajstić information content (AvgIpc) is 2.94. The third-order valence-electron chi connectivity index (χ3n) is 9.98. The molecule has 4 aliphatic rings. The van der Waals surface area contributed by atoms with Crippen molar-refractivity contribution in [1.82, 2.24) is 0 Å². The van der Waals surface area contributed by atoms with E-state index in [1.54, 1.807) is 0 Å². The number of rotatable bonds is 3. The summed E-state index contributed by atoms with van der Waals surface area (Å²) in [5.74, 6) is 4.77. The van der Waals surface area contributed by atoms with Gasteiger partial charge in [0, 0.05) is 0 Å². The molecule has 0 aliphatic heterocycles. The van der Waals surface area contributed by atoms with E-state index in [2.05, 4.69) is 27.4 Å². The van der Waals surface area contributed by atoms with Crippen molar-refractivity contribution < 1.29 is 5.11 Å². The Kier molecular flexibility index (Phi) is 4.84. The van der Waals surface area contributed by atoms with Crippen LogP contribution in [0.3, 0.4) is 0 Å². The van der Waals surface area contributed by atoms with Gasteiger partial charge >= 0.3 is 0 Å². The second kappa shape index (κ2) is 6.62. The van der Waals surface area contributed by atoms with Gasteiger partial charge in [-0.25, -0.2) is 0 Å². The van der Waals surface area contributed by atoms with Crippen LogP contribution in [0.1, 0.15) is 78.6 Å². The van der Waals surface area contributed by atoms with Crippen LogP contribution < -0.4 is 5.73 Å². The van der Waals surface area contributed by atoms with E-state index in [0.717, 1.165) is 49.0 Å². The van der Waals surface area contributed by atoms with E-state index in [9.17, 15) is 5.11 Å². The number of hydrogen-bond acceptors (Lipinski definition) is 2. The minimum absolute atomic E-state index is 0.0943. The van der Waals surface area contributed by atoms with Crippen molar-refractivity contribution in [1.29, 1.82) is 0 Å². The summed E-state index contributed by atoms with van der Waals surface area (Å²) < 4.78 is 0. The minimum atomic E-state index is -0.0943. The molecule has 2 heteroatoms. The number of nitrogens with two attached hydrogens (primary N) is 1. The molecule has 0 aromatic heterocycles. The molecule has 4 rings (SSSR count). The summed E-state index contributed by atoms with van der Waals surface area (Å²) in [6.07, 6.45) is 11.2. The average molecular weight is 360 g/mol. The number of fused-ring (bicyclic) bond motifs is 5. The van der Waals surface area contributed by atoms with Crippen LogP contribution in [-0.2, 0) is 0 Å². The topological polar surface area (TPSA) is 46.2 Å². The molecule has 3 N–H and O–H groups in total. The Labute approximate surface area is 161 Å². The molecule has 4 saturated carbocycles. The van der Waals surface area contributed by atoms with Crippen LogP contribution in [0.4, 0.5) is 0 Å². The van der Waals surface area contributed by atoms with Gasteiger partial charge in [0.1, 0.15) is 0 Å². The second-order valence-corrected chi connectivity index (χ2v) is 11.0. The Morgan fingerprint density at radius 2 is 1.81 bits per heavy atom. The molecule has 0 bridgehead atoms. The molecule has 0 saturated heterocycles. The third-order valence-corrected chi connectivity index (χ3v) is 9.98. The smallest absolute Gasteiger partial charge is 0.0546 e. The first-order valence-electron chi connectivity index (χ1n) is 11.4. The molecule has 148 valence electrons. The van der Waals surface area contributed by atoms with E-state index in [4.69, 9.17) is 5.73 Å². The Balaban J connectivity index is 1.61.